The van der Waals surface area contributed by atoms with Crippen LogP contribution in [-0.4, -0.2) is 29.0 Å². The van der Waals surface area contributed by atoms with Gasteiger partial charge in [0.1, 0.15) is 0 Å². The number of aryl methyl sites for hydroxylation is 2. The quantitative estimate of drug-likeness (QED) is 0.264. The normalized spacial score (nSPS) is 11.1. The molecular formula is C30H27N3O3. The third-order valence-electron chi connectivity index (χ3n) is 6.34. The Morgan fingerprint density at radius 2 is 1.78 bits per heavy atom. The van der Waals surface area contributed by atoms with Gasteiger partial charge < -0.3 is 15.0 Å². The summed E-state index contributed by atoms with van der Waals surface area (Å²) >= 11 is 0. The van der Waals surface area contributed by atoms with Crippen LogP contribution < -0.4 is 5.32 Å². The molecule has 0 unspecified atom stereocenters. The number of esters is 1. The molecule has 3 aromatic carbocycles. The maximum atomic E-state index is 12.6. The number of rotatable bonds is 7. The lowest BCUT2D eigenvalue weighted by Crippen LogP contribution is -2.12. The standard InChI is InChI=1S/C30H27N3O3/c1-19-10-16-26-24(18-19)23(29(33-26)27-17-13-20-6-3-4-8-25(20)32-27)7-5-9-28(34)31-22-14-11-21(12-15-22)30(35)36-2/h3-4,6,8,10-18,33H,5,7,9H2,1-2H3,(H,31,34). The Bertz CT molecular complexity index is 1570. The van der Waals surface area contributed by atoms with Gasteiger partial charge in [-0.25, -0.2) is 9.78 Å². The first-order valence-electron chi connectivity index (χ1n) is 12.0. The number of hydrogen-bond acceptors (Lipinski definition) is 4. The Labute approximate surface area is 209 Å². The van der Waals surface area contributed by atoms with Crippen molar-refractivity contribution >= 4 is 39.4 Å². The molecule has 36 heavy (non-hydrogen) atoms. The smallest absolute Gasteiger partial charge is 0.337 e. The summed E-state index contributed by atoms with van der Waals surface area (Å²) in [6, 6.07) is 25.3. The number of pyridine rings is 1. The van der Waals surface area contributed by atoms with Gasteiger partial charge in [0, 0.05) is 28.4 Å². The monoisotopic (exact) mass is 477 g/mol. The molecule has 5 rings (SSSR count). The fourth-order valence-electron chi connectivity index (χ4n) is 4.50. The highest BCUT2D eigenvalue weighted by Gasteiger charge is 2.16. The highest BCUT2D eigenvalue weighted by atomic mass is 16.5. The largest absolute Gasteiger partial charge is 0.465 e. The number of hydrogen-bond donors (Lipinski definition) is 2. The average molecular weight is 478 g/mol. The van der Waals surface area contributed by atoms with E-state index >= 15 is 0 Å². The van der Waals surface area contributed by atoms with Crippen molar-refractivity contribution in [2.24, 2.45) is 0 Å². The van der Waals surface area contributed by atoms with Gasteiger partial charge in [-0.05, 0) is 73.9 Å². The molecule has 0 aliphatic carbocycles. The Morgan fingerprint density at radius 1 is 0.972 bits per heavy atom. The van der Waals surface area contributed by atoms with E-state index in [1.807, 2.05) is 24.3 Å². The summed E-state index contributed by atoms with van der Waals surface area (Å²) in [7, 11) is 1.34. The van der Waals surface area contributed by atoms with Crippen LogP contribution in [0.2, 0.25) is 0 Å². The summed E-state index contributed by atoms with van der Waals surface area (Å²) in [5.74, 6) is -0.472. The lowest BCUT2D eigenvalue weighted by Gasteiger charge is -2.08. The number of aromatic amines is 1. The topological polar surface area (TPSA) is 84.1 Å². The number of H-pyrrole nitrogens is 1. The number of anilines is 1. The highest BCUT2D eigenvalue weighted by Crippen LogP contribution is 2.32. The highest BCUT2D eigenvalue weighted by molar-refractivity contribution is 5.94. The lowest BCUT2D eigenvalue weighted by atomic mass is 10.0. The van der Waals surface area contributed by atoms with Crippen LogP contribution >= 0.6 is 0 Å². The predicted octanol–water partition coefficient (Wildman–Crippen LogP) is 6.44. The molecule has 1 amide bonds. The third kappa shape index (κ3) is 4.84. The van der Waals surface area contributed by atoms with E-state index < -0.39 is 5.97 Å². The van der Waals surface area contributed by atoms with Crippen LogP contribution in [0.5, 0.6) is 0 Å². The van der Waals surface area contributed by atoms with E-state index in [0.717, 1.165) is 34.2 Å². The number of methoxy groups -OCH3 is 1. The van der Waals surface area contributed by atoms with Gasteiger partial charge in [-0.2, -0.15) is 0 Å². The van der Waals surface area contributed by atoms with Crippen LogP contribution in [0.1, 0.15) is 34.3 Å². The molecule has 0 bridgehead atoms. The van der Waals surface area contributed by atoms with E-state index in [-0.39, 0.29) is 5.91 Å². The number of nitrogens with one attached hydrogen (secondary N) is 2. The van der Waals surface area contributed by atoms with Gasteiger partial charge in [0.15, 0.2) is 0 Å². The summed E-state index contributed by atoms with van der Waals surface area (Å²) in [6.07, 6.45) is 1.80. The van der Waals surface area contributed by atoms with Crippen LogP contribution in [0.15, 0.2) is 78.9 Å². The molecule has 6 nitrogen and oxygen atoms in total. The molecule has 5 aromatic rings. The van der Waals surface area contributed by atoms with Crippen LogP contribution in [0.4, 0.5) is 5.69 Å². The zero-order chi connectivity index (χ0) is 25.1. The van der Waals surface area contributed by atoms with Crippen LogP contribution in [-0.2, 0) is 16.0 Å². The van der Waals surface area contributed by atoms with Crippen molar-refractivity contribution in [2.75, 3.05) is 12.4 Å². The summed E-state index contributed by atoms with van der Waals surface area (Å²) in [6.45, 7) is 2.09. The van der Waals surface area contributed by atoms with Crippen molar-refractivity contribution in [1.82, 2.24) is 9.97 Å². The van der Waals surface area contributed by atoms with Gasteiger partial charge in [0.2, 0.25) is 5.91 Å². The molecule has 6 heteroatoms. The van der Waals surface area contributed by atoms with Crippen molar-refractivity contribution in [3.05, 3.63) is 95.6 Å². The molecule has 0 fully saturated rings. The van der Waals surface area contributed by atoms with Crippen molar-refractivity contribution in [3.63, 3.8) is 0 Å². The van der Waals surface area contributed by atoms with Crippen LogP contribution in [0, 0.1) is 6.92 Å². The Balaban J connectivity index is 1.34. The van der Waals surface area contributed by atoms with Gasteiger partial charge in [-0.15, -0.1) is 0 Å². The molecule has 0 spiro atoms. The number of para-hydroxylation sites is 1. The van der Waals surface area contributed by atoms with Gasteiger partial charge in [-0.3, -0.25) is 4.79 Å². The number of carbonyl (C=O) groups excluding carboxylic acids is 2. The Kier molecular flexibility index (Phi) is 6.50. The lowest BCUT2D eigenvalue weighted by molar-refractivity contribution is -0.116. The van der Waals surface area contributed by atoms with Crippen molar-refractivity contribution in [3.8, 4) is 11.4 Å². The fourth-order valence-corrected chi connectivity index (χ4v) is 4.50. The van der Waals surface area contributed by atoms with Crippen molar-refractivity contribution in [2.45, 2.75) is 26.2 Å². The summed E-state index contributed by atoms with van der Waals surface area (Å²) in [4.78, 5) is 32.7. The van der Waals surface area contributed by atoms with Crippen LogP contribution in [0.3, 0.4) is 0 Å². The maximum Gasteiger partial charge on any atom is 0.337 e. The SMILES string of the molecule is COC(=O)c1ccc(NC(=O)CCCc2c(-c3ccc4ccccc4n3)[nH]c3ccc(C)cc23)cc1. The molecule has 0 saturated heterocycles. The number of carbonyl (C=O) groups is 2. The first kappa shape index (κ1) is 23.3. The number of benzene rings is 3. The minimum absolute atomic E-state index is 0.0674. The number of nitrogens with zero attached hydrogens (tertiary/aromatic N) is 1. The molecule has 0 aliphatic rings. The van der Waals surface area contributed by atoms with E-state index in [2.05, 4.69) is 47.6 Å². The summed E-state index contributed by atoms with van der Waals surface area (Å²) in [5, 5.41) is 5.18. The van der Waals surface area contributed by atoms with Crippen molar-refractivity contribution in [1.29, 1.82) is 0 Å². The summed E-state index contributed by atoms with van der Waals surface area (Å²) < 4.78 is 4.71. The molecule has 0 saturated carbocycles. The predicted molar refractivity (Wildman–Crippen MR) is 143 cm³/mol. The Hall–Kier alpha value is -4.45. The summed E-state index contributed by atoms with van der Waals surface area (Å²) in [5.41, 5.74) is 7.37. The molecule has 0 atom stereocenters. The molecule has 0 radical (unpaired) electrons. The number of ether oxygens (including phenoxy) is 1. The van der Waals surface area contributed by atoms with E-state index in [4.69, 9.17) is 9.72 Å². The minimum atomic E-state index is -0.404. The minimum Gasteiger partial charge on any atom is -0.465 e. The van der Waals surface area contributed by atoms with Gasteiger partial charge in [-0.1, -0.05) is 35.9 Å². The molecule has 180 valence electrons. The van der Waals surface area contributed by atoms with Gasteiger partial charge in [0.05, 0.1) is 29.6 Å². The first-order valence-corrected chi connectivity index (χ1v) is 12.0. The average Bonchev–Trinajstić information content (AvgIpc) is 3.26. The molecule has 0 aliphatic heterocycles. The van der Waals surface area contributed by atoms with Gasteiger partial charge in [0.25, 0.3) is 0 Å². The second-order valence-corrected chi connectivity index (χ2v) is 8.89. The van der Waals surface area contributed by atoms with E-state index in [1.165, 1.54) is 23.6 Å². The Morgan fingerprint density at radius 3 is 2.58 bits per heavy atom. The number of fused-ring (bicyclic) bond motifs is 2. The van der Waals surface area contributed by atoms with E-state index in [0.29, 0.717) is 24.1 Å². The van der Waals surface area contributed by atoms with Crippen molar-refractivity contribution < 1.29 is 14.3 Å². The molecular weight excluding hydrogens is 450 g/mol. The van der Waals surface area contributed by atoms with Gasteiger partial charge >= 0.3 is 5.97 Å². The number of amides is 1. The first-order chi connectivity index (χ1) is 17.5. The van der Waals surface area contributed by atoms with Crippen LogP contribution in [0.25, 0.3) is 33.2 Å². The molecule has 2 aromatic heterocycles. The third-order valence-corrected chi connectivity index (χ3v) is 6.34. The number of aromatic nitrogens is 2. The second-order valence-electron chi connectivity index (χ2n) is 8.89. The fraction of sp³-hybridized carbons (Fsp3) is 0.167. The second kappa shape index (κ2) is 10.0. The van der Waals surface area contributed by atoms with E-state index in [9.17, 15) is 9.59 Å². The maximum absolute atomic E-state index is 12.6. The molecule has 2 N–H and O–H groups in total. The molecule has 2 heterocycles. The zero-order valence-corrected chi connectivity index (χ0v) is 20.3. The van der Waals surface area contributed by atoms with E-state index in [1.54, 1.807) is 24.3 Å². The zero-order valence-electron chi connectivity index (χ0n) is 20.3.